The Morgan fingerprint density at radius 2 is 1.90 bits per heavy atom. The molecule has 0 spiro atoms. The van der Waals surface area contributed by atoms with Gasteiger partial charge in [0.05, 0.1) is 17.4 Å². The molecule has 0 aliphatic carbocycles. The van der Waals surface area contributed by atoms with Crippen molar-refractivity contribution in [2.45, 2.75) is 6.92 Å². The zero-order valence-electron chi connectivity index (χ0n) is 11.5. The summed E-state index contributed by atoms with van der Waals surface area (Å²) < 4.78 is 0. The first-order chi connectivity index (χ1) is 10.2. The average molecular weight is 296 g/mol. The van der Waals surface area contributed by atoms with Crippen molar-refractivity contribution in [3.63, 3.8) is 0 Å². The first kappa shape index (κ1) is 13.6. The molecule has 0 amide bonds. The van der Waals surface area contributed by atoms with E-state index in [1.165, 1.54) is 5.56 Å². The zero-order chi connectivity index (χ0) is 14.7. The van der Waals surface area contributed by atoms with Crippen LogP contribution in [0.15, 0.2) is 59.8 Å². The van der Waals surface area contributed by atoms with Crippen LogP contribution in [0.1, 0.15) is 11.1 Å². The number of nitrogens with one attached hydrogen (secondary N) is 1. The fourth-order valence-electron chi connectivity index (χ4n) is 2.05. The maximum absolute atomic E-state index is 5.98. The van der Waals surface area contributed by atoms with E-state index >= 15 is 0 Å². The van der Waals surface area contributed by atoms with Crippen LogP contribution in [-0.2, 0) is 0 Å². The third-order valence-electron chi connectivity index (χ3n) is 3.18. The Kier molecular flexibility index (Phi) is 3.84. The van der Waals surface area contributed by atoms with Crippen molar-refractivity contribution in [1.82, 2.24) is 4.98 Å². The molecule has 0 aliphatic heterocycles. The van der Waals surface area contributed by atoms with Gasteiger partial charge in [-0.25, -0.2) is 0 Å². The highest BCUT2D eigenvalue weighted by molar-refractivity contribution is 6.31. The van der Waals surface area contributed by atoms with Gasteiger partial charge in [-0.3, -0.25) is 10.4 Å². The molecule has 4 heteroatoms. The Balaban J connectivity index is 1.83. The van der Waals surface area contributed by atoms with Crippen LogP contribution in [-0.4, -0.2) is 11.2 Å². The highest BCUT2D eigenvalue weighted by Crippen LogP contribution is 2.24. The number of aromatic nitrogens is 1. The van der Waals surface area contributed by atoms with Crippen LogP contribution in [0.3, 0.4) is 0 Å². The molecule has 0 unspecified atom stereocenters. The number of anilines is 1. The van der Waals surface area contributed by atoms with Crippen LogP contribution in [0.5, 0.6) is 0 Å². The number of aryl methyl sites for hydroxylation is 1. The van der Waals surface area contributed by atoms with Gasteiger partial charge in [0.1, 0.15) is 0 Å². The lowest BCUT2D eigenvalue weighted by atomic mass is 10.2. The molecule has 0 saturated heterocycles. The van der Waals surface area contributed by atoms with Gasteiger partial charge in [-0.2, -0.15) is 5.10 Å². The van der Waals surface area contributed by atoms with Gasteiger partial charge in [0, 0.05) is 16.6 Å². The van der Waals surface area contributed by atoms with Gasteiger partial charge in [-0.15, -0.1) is 0 Å². The SMILES string of the molecule is Cc1ccc(/C=N\Nc2ccnc3cc(Cl)ccc23)cc1. The lowest BCUT2D eigenvalue weighted by Gasteiger charge is -2.05. The number of rotatable bonds is 3. The molecule has 1 N–H and O–H groups in total. The summed E-state index contributed by atoms with van der Waals surface area (Å²) in [7, 11) is 0. The van der Waals surface area contributed by atoms with Crippen LogP contribution in [0.4, 0.5) is 5.69 Å². The quantitative estimate of drug-likeness (QED) is 0.564. The largest absolute Gasteiger partial charge is 0.278 e. The van der Waals surface area contributed by atoms with E-state index in [0.717, 1.165) is 22.2 Å². The minimum Gasteiger partial charge on any atom is -0.278 e. The maximum Gasteiger partial charge on any atom is 0.0738 e. The van der Waals surface area contributed by atoms with E-state index in [-0.39, 0.29) is 0 Å². The van der Waals surface area contributed by atoms with Gasteiger partial charge < -0.3 is 0 Å². The minimum absolute atomic E-state index is 0.676. The highest BCUT2D eigenvalue weighted by Gasteiger charge is 2.01. The van der Waals surface area contributed by atoms with Crippen LogP contribution in [0.25, 0.3) is 10.9 Å². The lowest BCUT2D eigenvalue weighted by Crippen LogP contribution is -1.92. The first-order valence-electron chi connectivity index (χ1n) is 6.62. The van der Waals surface area contributed by atoms with Gasteiger partial charge in [-0.1, -0.05) is 41.4 Å². The molecule has 21 heavy (non-hydrogen) atoms. The highest BCUT2D eigenvalue weighted by atomic mass is 35.5. The van der Waals surface area contributed by atoms with Crippen molar-refractivity contribution in [3.8, 4) is 0 Å². The number of pyridine rings is 1. The second-order valence-corrected chi connectivity index (χ2v) is 5.24. The summed E-state index contributed by atoms with van der Waals surface area (Å²) in [6.07, 6.45) is 3.53. The normalized spacial score (nSPS) is 11.1. The topological polar surface area (TPSA) is 37.3 Å². The van der Waals surface area contributed by atoms with Crippen LogP contribution >= 0.6 is 11.6 Å². The molecule has 0 aliphatic rings. The van der Waals surface area contributed by atoms with Crippen molar-refractivity contribution < 1.29 is 0 Å². The van der Waals surface area contributed by atoms with Crippen molar-refractivity contribution in [1.29, 1.82) is 0 Å². The molecule has 0 atom stereocenters. The maximum atomic E-state index is 5.98. The standard InChI is InChI=1S/C17H14ClN3/c1-12-2-4-13(5-3-12)11-20-21-16-8-9-19-17-10-14(18)6-7-15(16)17/h2-11H,1H3,(H,19,21)/b20-11-. The van der Waals surface area contributed by atoms with Crippen LogP contribution < -0.4 is 5.43 Å². The van der Waals surface area contributed by atoms with Crippen LogP contribution in [0.2, 0.25) is 5.02 Å². The summed E-state index contributed by atoms with van der Waals surface area (Å²) in [5, 5.41) is 5.94. The molecule has 1 aromatic heterocycles. The molecule has 0 fully saturated rings. The molecule has 0 bridgehead atoms. The van der Waals surface area contributed by atoms with E-state index in [2.05, 4.69) is 34.6 Å². The van der Waals surface area contributed by atoms with Crippen molar-refractivity contribution in [2.24, 2.45) is 5.10 Å². The number of nitrogens with zero attached hydrogens (tertiary/aromatic N) is 2. The molecule has 3 aromatic rings. The minimum atomic E-state index is 0.676. The average Bonchev–Trinajstić information content (AvgIpc) is 2.49. The fourth-order valence-corrected chi connectivity index (χ4v) is 2.21. The summed E-state index contributed by atoms with van der Waals surface area (Å²) in [6.45, 7) is 2.06. The number of halogens is 1. The van der Waals surface area contributed by atoms with E-state index < -0.39 is 0 Å². The molecule has 2 aromatic carbocycles. The lowest BCUT2D eigenvalue weighted by molar-refractivity contribution is 1.33. The predicted octanol–water partition coefficient (Wildman–Crippen LogP) is 4.64. The second-order valence-electron chi connectivity index (χ2n) is 4.80. The molecule has 1 heterocycles. The van der Waals surface area contributed by atoms with Crippen molar-refractivity contribution >= 4 is 34.4 Å². The molecular formula is C17H14ClN3. The number of hydrogen-bond acceptors (Lipinski definition) is 3. The van der Waals surface area contributed by atoms with Crippen molar-refractivity contribution in [2.75, 3.05) is 5.43 Å². The molecule has 3 rings (SSSR count). The summed E-state index contributed by atoms with van der Waals surface area (Å²) in [5.41, 5.74) is 7.09. The first-order valence-corrected chi connectivity index (χ1v) is 7.00. The number of fused-ring (bicyclic) bond motifs is 1. The second kappa shape index (κ2) is 5.94. The number of hydrazone groups is 1. The molecule has 0 radical (unpaired) electrons. The zero-order valence-corrected chi connectivity index (χ0v) is 12.3. The van der Waals surface area contributed by atoms with E-state index in [1.807, 2.05) is 36.4 Å². The number of benzene rings is 2. The molecule has 0 saturated carbocycles. The summed E-state index contributed by atoms with van der Waals surface area (Å²) in [5.74, 6) is 0. The monoisotopic (exact) mass is 295 g/mol. The third-order valence-corrected chi connectivity index (χ3v) is 3.42. The van der Waals surface area contributed by atoms with E-state index in [1.54, 1.807) is 12.4 Å². The Morgan fingerprint density at radius 3 is 2.71 bits per heavy atom. The predicted molar refractivity (Wildman–Crippen MR) is 89.1 cm³/mol. The van der Waals surface area contributed by atoms with Gasteiger partial charge in [-0.05, 0) is 36.8 Å². The fraction of sp³-hybridized carbons (Fsp3) is 0.0588. The summed E-state index contributed by atoms with van der Waals surface area (Å²) in [4.78, 5) is 4.30. The van der Waals surface area contributed by atoms with Gasteiger partial charge in [0.2, 0.25) is 0 Å². The summed E-state index contributed by atoms with van der Waals surface area (Å²) >= 11 is 5.98. The van der Waals surface area contributed by atoms with Gasteiger partial charge >= 0.3 is 0 Å². The van der Waals surface area contributed by atoms with E-state index in [4.69, 9.17) is 11.6 Å². The van der Waals surface area contributed by atoms with Crippen molar-refractivity contribution in [3.05, 3.63) is 70.9 Å². The van der Waals surface area contributed by atoms with E-state index in [9.17, 15) is 0 Å². The van der Waals surface area contributed by atoms with Gasteiger partial charge in [0.25, 0.3) is 0 Å². The molecular weight excluding hydrogens is 282 g/mol. The van der Waals surface area contributed by atoms with Crippen LogP contribution in [0, 0.1) is 6.92 Å². The Bertz CT molecular complexity index is 795. The van der Waals surface area contributed by atoms with Gasteiger partial charge in [0.15, 0.2) is 0 Å². The number of hydrogen-bond donors (Lipinski definition) is 1. The Hall–Kier alpha value is -2.39. The summed E-state index contributed by atoms with van der Waals surface area (Å²) in [6, 6.07) is 15.7. The third kappa shape index (κ3) is 3.20. The molecule has 104 valence electrons. The molecule has 3 nitrogen and oxygen atoms in total. The Labute approximate surface area is 128 Å². The smallest absolute Gasteiger partial charge is 0.0738 e. The Morgan fingerprint density at radius 1 is 1.10 bits per heavy atom. The van der Waals surface area contributed by atoms with E-state index in [0.29, 0.717) is 5.02 Å².